The van der Waals surface area contributed by atoms with E-state index in [9.17, 15) is 15.4 Å². The van der Waals surface area contributed by atoms with E-state index in [0.717, 1.165) is 30.0 Å². The Labute approximate surface area is 158 Å². The Hall–Kier alpha value is -1.98. The van der Waals surface area contributed by atoms with Crippen molar-refractivity contribution in [1.29, 1.82) is 5.26 Å². The van der Waals surface area contributed by atoms with Crippen LogP contribution in [0.5, 0.6) is 0 Å². The average Bonchev–Trinajstić information content (AvgIpc) is 2.90. The fraction of sp³-hybridized carbons (Fsp3) is 0.250. The first kappa shape index (κ1) is 17.8. The van der Waals surface area contributed by atoms with Gasteiger partial charge in [0.1, 0.15) is 16.1 Å². The van der Waals surface area contributed by atoms with Crippen molar-refractivity contribution in [3.05, 3.63) is 53.9 Å². The van der Waals surface area contributed by atoms with Gasteiger partial charge in [0.15, 0.2) is 0 Å². The standard InChI is InChI=1S/C16H12Cl2N4O2S/c1-21-3-2-10-11(6-19)16(25-15(10)8-21)20-7-9-4-14(22(23)24)13(18)5-12(9)17/h4-5,7H,2-3,8H2,1H3. The molecule has 0 unspecified atom stereocenters. The molecular weight excluding hydrogens is 383 g/mol. The summed E-state index contributed by atoms with van der Waals surface area (Å²) in [7, 11) is 2.03. The number of benzene rings is 1. The Bertz CT molecular complexity index is 933. The maximum absolute atomic E-state index is 11.0. The normalized spacial score (nSPS) is 14.5. The molecule has 0 saturated carbocycles. The predicted octanol–water partition coefficient (Wildman–Crippen LogP) is 4.57. The molecule has 0 atom stereocenters. The Morgan fingerprint density at radius 1 is 1.44 bits per heavy atom. The summed E-state index contributed by atoms with van der Waals surface area (Å²) in [6.07, 6.45) is 2.25. The second kappa shape index (κ2) is 7.10. The first-order valence-corrected chi connectivity index (χ1v) is 8.88. The molecule has 6 nitrogen and oxygen atoms in total. The third kappa shape index (κ3) is 3.53. The largest absolute Gasteiger partial charge is 0.301 e. The van der Waals surface area contributed by atoms with Crippen molar-refractivity contribution in [3.63, 3.8) is 0 Å². The summed E-state index contributed by atoms with van der Waals surface area (Å²) in [6, 6.07) is 4.82. The fourth-order valence-electron chi connectivity index (χ4n) is 2.64. The molecular formula is C16H12Cl2N4O2S. The van der Waals surface area contributed by atoms with Crippen LogP contribution in [0.4, 0.5) is 10.7 Å². The number of nitro groups is 1. The summed E-state index contributed by atoms with van der Waals surface area (Å²) in [4.78, 5) is 18.1. The Morgan fingerprint density at radius 3 is 2.88 bits per heavy atom. The molecule has 0 radical (unpaired) electrons. The number of halogens is 2. The summed E-state index contributed by atoms with van der Waals surface area (Å²) in [6.45, 7) is 1.69. The van der Waals surface area contributed by atoms with E-state index in [0.29, 0.717) is 16.1 Å². The van der Waals surface area contributed by atoms with Crippen LogP contribution in [0.25, 0.3) is 0 Å². The van der Waals surface area contributed by atoms with E-state index in [4.69, 9.17) is 23.2 Å². The highest BCUT2D eigenvalue weighted by atomic mass is 35.5. The van der Waals surface area contributed by atoms with E-state index < -0.39 is 4.92 Å². The summed E-state index contributed by atoms with van der Waals surface area (Å²) < 4.78 is 0. The number of rotatable bonds is 3. The Kier molecular flexibility index (Phi) is 5.06. The van der Waals surface area contributed by atoms with Crippen LogP contribution >= 0.6 is 34.5 Å². The molecule has 0 amide bonds. The van der Waals surface area contributed by atoms with E-state index in [1.807, 2.05) is 7.05 Å². The molecule has 9 heteroatoms. The number of hydrogen-bond acceptors (Lipinski definition) is 6. The quantitative estimate of drug-likeness (QED) is 0.433. The van der Waals surface area contributed by atoms with Gasteiger partial charge in [-0.05, 0) is 25.1 Å². The van der Waals surface area contributed by atoms with Crippen LogP contribution in [-0.2, 0) is 13.0 Å². The van der Waals surface area contributed by atoms with E-state index in [-0.39, 0.29) is 15.7 Å². The summed E-state index contributed by atoms with van der Waals surface area (Å²) in [5.41, 5.74) is 1.76. The number of nitriles is 1. The van der Waals surface area contributed by atoms with E-state index >= 15 is 0 Å². The number of nitro benzene ring substituents is 1. The minimum Gasteiger partial charge on any atom is -0.301 e. The first-order valence-electron chi connectivity index (χ1n) is 7.31. The van der Waals surface area contributed by atoms with Gasteiger partial charge < -0.3 is 4.90 Å². The van der Waals surface area contributed by atoms with Gasteiger partial charge in [-0.2, -0.15) is 5.26 Å². The topological polar surface area (TPSA) is 82.5 Å². The number of hydrogen-bond donors (Lipinski definition) is 0. The SMILES string of the molecule is CN1CCc2c(sc(N=Cc3cc([N+](=O)[O-])c(Cl)cc3Cl)c2C#N)C1. The van der Waals surface area contributed by atoms with Gasteiger partial charge in [-0.25, -0.2) is 4.99 Å². The highest BCUT2D eigenvalue weighted by Gasteiger charge is 2.22. The summed E-state index contributed by atoms with van der Waals surface area (Å²) in [5, 5.41) is 21.3. The second-order valence-corrected chi connectivity index (χ2v) is 7.52. The molecule has 2 heterocycles. The van der Waals surface area contributed by atoms with Gasteiger partial charge in [0.05, 0.1) is 15.5 Å². The lowest BCUT2D eigenvalue weighted by molar-refractivity contribution is -0.384. The third-order valence-electron chi connectivity index (χ3n) is 3.92. The van der Waals surface area contributed by atoms with Gasteiger partial charge in [0.25, 0.3) is 5.69 Å². The van der Waals surface area contributed by atoms with Crippen molar-refractivity contribution < 1.29 is 4.92 Å². The number of aliphatic imine (C=N–C) groups is 1. The van der Waals surface area contributed by atoms with Gasteiger partial charge in [0.2, 0.25) is 0 Å². The van der Waals surface area contributed by atoms with Gasteiger partial charge in [-0.3, -0.25) is 10.1 Å². The molecule has 3 rings (SSSR count). The van der Waals surface area contributed by atoms with E-state index in [1.165, 1.54) is 29.7 Å². The molecule has 1 aromatic heterocycles. The third-order valence-corrected chi connectivity index (χ3v) is 5.68. The van der Waals surface area contributed by atoms with Crippen LogP contribution in [0.15, 0.2) is 17.1 Å². The molecule has 25 heavy (non-hydrogen) atoms. The van der Waals surface area contributed by atoms with Crippen molar-refractivity contribution >= 4 is 51.4 Å². The molecule has 0 N–H and O–H groups in total. The number of fused-ring (bicyclic) bond motifs is 1. The minimum absolute atomic E-state index is 0.0283. The van der Waals surface area contributed by atoms with Crippen molar-refractivity contribution in [1.82, 2.24) is 4.90 Å². The minimum atomic E-state index is -0.573. The smallest absolute Gasteiger partial charge is 0.288 e. The highest BCUT2D eigenvalue weighted by Crippen LogP contribution is 2.38. The van der Waals surface area contributed by atoms with Crippen molar-refractivity contribution in [2.45, 2.75) is 13.0 Å². The zero-order chi connectivity index (χ0) is 18.1. The zero-order valence-electron chi connectivity index (χ0n) is 13.1. The van der Waals surface area contributed by atoms with E-state index in [2.05, 4.69) is 16.0 Å². The monoisotopic (exact) mass is 394 g/mol. The van der Waals surface area contributed by atoms with Crippen LogP contribution in [0.3, 0.4) is 0 Å². The summed E-state index contributed by atoms with van der Waals surface area (Å²) in [5.74, 6) is 0. The molecule has 128 valence electrons. The molecule has 1 aliphatic heterocycles. The maximum atomic E-state index is 11.0. The van der Waals surface area contributed by atoms with Crippen LogP contribution in [-0.4, -0.2) is 29.6 Å². The molecule has 1 aromatic carbocycles. The van der Waals surface area contributed by atoms with E-state index in [1.54, 1.807) is 0 Å². The zero-order valence-corrected chi connectivity index (χ0v) is 15.5. The second-order valence-electron chi connectivity index (χ2n) is 5.62. The molecule has 1 aliphatic rings. The Balaban J connectivity index is 2.00. The Morgan fingerprint density at radius 2 is 2.20 bits per heavy atom. The van der Waals surface area contributed by atoms with Crippen LogP contribution in [0.1, 0.15) is 21.6 Å². The number of thiophene rings is 1. The van der Waals surface area contributed by atoms with Crippen LogP contribution in [0, 0.1) is 21.4 Å². The lowest BCUT2D eigenvalue weighted by atomic mass is 10.0. The predicted molar refractivity (Wildman–Crippen MR) is 99.4 cm³/mol. The average molecular weight is 395 g/mol. The molecule has 0 spiro atoms. The maximum Gasteiger partial charge on any atom is 0.288 e. The molecule has 0 bridgehead atoms. The molecule has 2 aromatic rings. The van der Waals surface area contributed by atoms with Gasteiger partial charge >= 0.3 is 0 Å². The fourth-order valence-corrected chi connectivity index (χ4v) is 4.37. The van der Waals surface area contributed by atoms with Crippen molar-refractivity contribution in [2.75, 3.05) is 13.6 Å². The molecule has 0 aliphatic carbocycles. The van der Waals surface area contributed by atoms with Crippen LogP contribution < -0.4 is 0 Å². The van der Waals surface area contributed by atoms with Gasteiger partial charge in [-0.15, -0.1) is 11.3 Å². The van der Waals surface area contributed by atoms with Gasteiger partial charge in [0, 0.05) is 35.8 Å². The molecule has 0 saturated heterocycles. The lowest BCUT2D eigenvalue weighted by Crippen LogP contribution is -2.25. The lowest BCUT2D eigenvalue weighted by Gasteiger charge is -2.21. The number of likely N-dealkylation sites (N-methyl/N-ethyl adjacent to an activating group) is 1. The van der Waals surface area contributed by atoms with Gasteiger partial charge in [-0.1, -0.05) is 23.2 Å². The van der Waals surface area contributed by atoms with Crippen LogP contribution in [0.2, 0.25) is 10.0 Å². The molecule has 0 fully saturated rings. The first-order chi connectivity index (χ1) is 11.9. The van der Waals surface area contributed by atoms with Crippen molar-refractivity contribution in [3.8, 4) is 6.07 Å². The highest BCUT2D eigenvalue weighted by molar-refractivity contribution is 7.16. The summed E-state index contributed by atoms with van der Waals surface area (Å²) >= 11 is 13.4. The van der Waals surface area contributed by atoms with Crippen molar-refractivity contribution in [2.24, 2.45) is 4.99 Å². The number of nitrogens with zero attached hydrogens (tertiary/aromatic N) is 4.